The van der Waals surface area contributed by atoms with Crippen LogP contribution in [-0.4, -0.2) is 26.5 Å². The highest BCUT2D eigenvalue weighted by molar-refractivity contribution is 7.91. The zero-order valence-electron chi connectivity index (χ0n) is 10.4. The van der Waals surface area contributed by atoms with Gasteiger partial charge in [-0.25, -0.2) is 8.42 Å². The molecule has 1 heterocycles. The van der Waals surface area contributed by atoms with Gasteiger partial charge in [-0.1, -0.05) is 29.8 Å². The van der Waals surface area contributed by atoms with Crippen LogP contribution in [0.4, 0.5) is 0 Å². The molecule has 2 rings (SSSR count). The van der Waals surface area contributed by atoms with Crippen LogP contribution in [0.2, 0.25) is 5.02 Å². The molecule has 1 saturated heterocycles. The summed E-state index contributed by atoms with van der Waals surface area (Å²) in [6.07, 6.45) is 0.768. The standard InChI is InChI=1S/C13H18ClNO2S/c1-10(12-4-2-3-5-13(12)14)15-8-11-6-7-18(16,17)9-11/h2-5,10-11,15H,6-9H2,1H3. The van der Waals surface area contributed by atoms with Crippen LogP contribution in [0.3, 0.4) is 0 Å². The fourth-order valence-electron chi connectivity index (χ4n) is 2.31. The van der Waals surface area contributed by atoms with E-state index in [4.69, 9.17) is 11.6 Å². The van der Waals surface area contributed by atoms with Gasteiger partial charge >= 0.3 is 0 Å². The number of sulfone groups is 1. The lowest BCUT2D eigenvalue weighted by atomic mass is 10.1. The highest BCUT2D eigenvalue weighted by Gasteiger charge is 2.27. The molecule has 2 unspecified atom stereocenters. The molecule has 1 aliphatic rings. The van der Waals surface area contributed by atoms with Gasteiger partial charge in [0.2, 0.25) is 0 Å². The maximum Gasteiger partial charge on any atom is 0.150 e. The third-order valence-electron chi connectivity index (χ3n) is 3.41. The fourth-order valence-corrected chi connectivity index (χ4v) is 4.47. The molecule has 1 fully saturated rings. The Hall–Kier alpha value is -0.580. The molecule has 0 aliphatic carbocycles. The van der Waals surface area contributed by atoms with Crippen LogP contribution in [0.5, 0.6) is 0 Å². The van der Waals surface area contributed by atoms with Crippen molar-refractivity contribution in [2.45, 2.75) is 19.4 Å². The van der Waals surface area contributed by atoms with Crippen molar-refractivity contribution >= 4 is 21.4 Å². The molecule has 0 bridgehead atoms. The summed E-state index contributed by atoms with van der Waals surface area (Å²) >= 11 is 6.12. The van der Waals surface area contributed by atoms with Crippen molar-refractivity contribution in [3.8, 4) is 0 Å². The van der Waals surface area contributed by atoms with E-state index in [1.165, 1.54) is 0 Å². The van der Waals surface area contributed by atoms with E-state index < -0.39 is 9.84 Å². The smallest absolute Gasteiger partial charge is 0.150 e. The summed E-state index contributed by atoms with van der Waals surface area (Å²) in [5, 5.41) is 4.12. The van der Waals surface area contributed by atoms with Crippen molar-refractivity contribution in [3.05, 3.63) is 34.9 Å². The van der Waals surface area contributed by atoms with Crippen LogP contribution in [0, 0.1) is 5.92 Å². The van der Waals surface area contributed by atoms with Crippen molar-refractivity contribution in [2.75, 3.05) is 18.1 Å². The highest BCUT2D eigenvalue weighted by Crippen LogP contribution is 2.23. The van der Waals surface area contributed by atoms with E-state index in [1.807, 2.05) is 31.2 Å². The van der Waals surface area contributed by atoms with Gasteiger partial charge in [0.25, 0.3) is 0 Å². The number of hydrogen-bond acceptors (Lipinski definition) is 3. The first-order chi connectivity index (χ1) is 8.48. The first-order valence-corrected chi connectivity index (χ1v) is 8.36. The maximum absolute atomic E-state index is 11.4. The van der Waals surface area contributed by atoms with Crippen molar-refractivity contribution in [1.29, 1.82) is 0 Å². The molecule has 0 radical (unpaired) electrons. The minimum atomic E-state index is -2.78. The lowest BCUT2D eigenvalue weighted by Gasteiger charge is -2.17. The van der Waals surface area contributed by atoms with E-state index >= 15 is 0 Å². The molecular weight excluding hydrogens is 270 g/mol. The second-order valence-electron chi connectivity index (χ2n) is 4.92. The molecule has 1 N–H and O–H groups in total. The van der Waals surface area contributed by atoms with Crippen molar-refractivity contribution in [3.63, 3.8) is 0 Å². The molecule has 1 aliphatic heterocycles. The van der Waals surface area contributed by atoms with E-state index in [9.17, 15) is 8.42 Å². The second kappa shape index (κ2) is 5.59. The third kappa shape index (κ3) is 3.46. The van der Waals surface area contributed by atoms with Gasteiger partial charge < -0.3 is 5.32 Å². The molecular formula is C13H18ClNO2S. The molecule has 1 aromatic rings. The van der Waals surface area contributed by atoms with Crippen LogP contribution in [0.15, 0.2) is 24.3 Å². The van der Waals surface area contributed by atoms with Crippen LogP contribution in [-0.2, 0) is 9.84 Å². The zero-order chi connectivity index (χ0) is 13.2. The lowest BCUT2D eigenvalue weighted by Crippen LogP contribution is -2.26. The Morgan fingerprint density at radius 1 is 1.44 bits per heavy atom. The largest absolute Gasteiger partial charge is 0.310 e. The molecule has 3 nitrogen and oxygen atoms in total. The van der Waals surface area contributed by atoms with Crippen LogP contribution in [0.25, 0.3) is 0 Å². The number of rotatable bonds is 4. The Morgan fingerprint density at radius 3 is 2.78 bits per heavy atom. The van der Waals surface area contributed by atoms with Crippen LogP contribution >= 0.6 is 11.6 Å². The summed E-state index contributed by atoms with van der Waals surface area (Å²) in [6, 6.07) is 7.86. The Kier molecular flexibility index (Phi) is 4.30. The SMILES string of the molecule is CC(NCC1CCS(=O)(=O)C1)c1ccccc1Cl. The summed E-state index contributed by atoms with van der Waals surface area (Å²) in [4.78, 5) is 0. The highest BCUT2D eigenvalue weighted by atomic mass is 35.5. The van der Waals surface area contributed by atoms with Crippen molar-refractivity contribution < 1.29 is 8.42 Å². The van der Waals surface area contributed by atoms with Gasteiger partial charge in [-0.15, -0.1) is 0 Å². The number of nitrogens with one attached hydrogen (secondary N) is 1. The Labute approximate surface area is 113 Å². The predicted octanol–water partition coefficient (Wildman–Crippen LogP) is 2.43. The minimum absolute atomic E-state index is 0.141. The maximum atomic E-state index is 11.4. The molecule has 0 saturated carbocycles. The minimum Gasteiger partial charge on any atom is -0.310 e. The zero-order valence-corrected chi connectivity index (χ0v) is 12.0. The van der Waals surface area contributed by atoms with Gasteiger partial charge in [-0.2, -0.15) is 0 Å². The molecule has 1 aromatic carbocycles. The second-order valence-corrected chi connectivity index (χ2v) is 7.56. The summed E-state index contributed by atoms with van der Waals surface area (Å²) in [5.74, 6) is 0.884. The lowest BCUT2D eigenvalue weighted by molar-refractivity contribution is 0.476. The molecule has 18 heavy (non-hydrogen) atoms. The number of hydrogen-bond donors (Lipinski definition) is 1. The normalized spacial score (nSPS) is 24.0. The van der Waals surface area contributed by atoms with Gasteiger partial charge in [0.1, 0.15) is 0 Å². The topological polar surface area (TPSA) is 46.2 Å². The quantitative estimate of drug-likeness (QED) is 0.925. The van der Waals surface area contributed by atoms with E-state index in [1.54, 1.807) is 0 Å². The van der Waals surface area contributed by atoms with Gasteiger partial charge in [0.15, 0.2) is 9.84 Å². The van der Waals surface area contributed by atoms with E-state index in [0.29, 0.717) is 11.5 Å². The summed E-state index contributed by atoms with van der Waals surface area (Å²) in [7, 11) is -2.78. The monoisotopic (exact) mass is 287 g/mol. The predicted molar refractivity (Wildman–Crippen MR) is 74.6 cm³/mol. The van der Waals surface area contributed by atoms with E-state index in [0.717, 1.165) is 23.6 Å². The van der Waals surface area contributed by atoms with Crippen LogP contribution in [0.1, 0.15) is 24.9 Å². The Morgan fingerprint density at radius 2 is 2.17 bits per heavy atom. The summed E-state index contributed by atoms with van der Waals surface area (Å²) < 4.78 is 22.7. The molecule has 0 amide bonds. The third-order valence-corrected chi connectivity index (χ3v) is 5.59. The number of benzene rings is 1. The van der Waals surface area contributed by atoms with Gasteiger partial charge in [-0.3, -0.25) is 0 Å². The first-order valence-electron chi connectivity index (χ1n) is 6.16. The van der Waals surface area contributed by atoms with E-state index in [-0.39, 0.29) is 12.0 Å². The first kappa shape index (κ1) is 13.8. The summed E-state index contributed by atoms with van der Waals surface area (Å²) in [6.45, 7) is 2.77. The molecule has 0 aromatic heterocycles. The van der Waals surface area contributed by atoms with Gasteiger partial charge in [0, 0.05) is 11.1 Å². The van der Waals surface area contributed by atoms with Gasteiger partial charge in [-0.05, 0) is 37.4 Å². The van der Waals surface area contributed by atoms with Crippen molar-refractivity contribution in [1.82, 2.24) is 5.32 Å². The fraction of sp³-hybridized carbons (Fsp3) is 0.538. The molecule has 2 atom stereocenters. The van der Waals surface area contributed by atoms with E-state index in [2.05, 4.69) is 5.32 Å². The molecule has 100 valence electrons. The summed E-state index contributed by atoms with van der Waals surface area (Å²) in [5.41, 5.74) is 1.06. The molecule has 5 heteroatoms. The average Bonchev–Trinajstić information content (AvgIpc) is 2.66. The van der Waals surface area contributed by atoms with Crippen LogP contribution < -0.4 is 5.32 Å². The average molecular weight is 288 g/mol. The van der Waals surface area contributed by atoms with Gasteiger partial charge in [0.05, 0.1) is 11.5 Å². The Balaban J connectivity index is 1.90. The Bertz CT molecular complexity index is 515. The number of halogens is 1. The van der Waals surface area contributed by atoms with Crippen molar-refractivity contribution in [2.24, 2.45) is 5.92 Å². The molecule has 0 spiro atoms.